The van der Waals surface area contributed by atoms with E-state index >= 15 is 0 Å². The maximum Gasteiger partial charge on any atom is 0.274 e. The molecule has 1 heterocycles. The average Bonchev–Trinajstić information content (AvgIpc) is 2.50. The van der Waals surface area contributed by atoms with Crippen LogP contribution in [-0.4, -0.2) is 28.0 Å². The molecule has 23 heavy (non-hydrogen) atoms. The van der Waals surface area contributed by atoms with Crippen LogP contribution in [0.4, 0.5) is 17.1 Å². The number of nitrogens with two attached hydrogens (primary N) is 1. The number of anilines is 2. The quantitative estimate of drug-likeness (QED) is 0.346. The summed E-state index contributed by atoms with van der Waals surface area (Å²) in [6, 6.07) is 10.1. The van der Waals surface area contributed by atoms with Crippen LogP contribution in [0, 0.1) is 10.1 Å². The number of hydrogen-bond acceptors (Lipinski definition) is 6. The van der Waals surface area contributed by atoms with Crippen LogP contribution in [0.2, 0.25) is 0 Å². The zero-order valence-corrected chi connectivity index (χ0v) is 13.1. The first-order valence-electron chi connectivity index (χ1n) is 7.14. The van der Waals surface area contributed by atoms with Crippen LogP contribution >= 0.6 is 0 Å². The molecule has 8 heteroatoms. The van der Waals surface area contributed by atoms with E-state index in [2.05, 4.69) is 17.2 Å². The van der Waals surface area contributed by atoms with Crippen LogP contribution in [0.1, 0.15) is 13.8 Å². The Bertz CT molecular complexity index is 712. The molecule has 1 aromatic carbocycles. The molecule has 8 nitrogen and oxygen atoms in total. The summed E-state index contributed by atoms with van der Waals surface area (Å²) in [7, 11) is 0. The van der Waals surface area contributed by atoms with Crippen LogP contribution in [0.15, 0.2) is 47.6 Å². The van der Waals surface area contributed by atoms with Gasteiger partial charge in [0.05, 0.1) is 17.2 Å². The SMILES string of the molecule is CCN=c1cc([N+](=O)[O-])ccn1O.CCNc1cccc(N)c1. The number of nitrogens with one attached hydrogen (secondary N) is 1. The van der Waals surface area contributed by atoms with Gasteiger partial charge >= 0.3 is 0 Å². The minimum absolute atomic E-state index is 0.0856. The Labute approximate surface area is 134 Å². The minimum atomic E-state index is -0.533. The third-order valence-electron chi connectivity index (χ3n) is 2.70. The van der Waals surface area contributed by atoms with E-state index in [1.54, 1.807) is 6.92 Å². The lowest BCUT2D eigenvalue weighted by atomic mass is 10.3. The number of benzene rings is 1. The van der Waals surface area contributed by atoms with Crippen LogP contribution in [0.3, 0.4) is 0 Å². The molecule has 0 amide bonds. The van der Waals surface area contributed by atoms with Gasteiger partial charge in [0.1, 0.15) is 0 Å². The van der Waals surface area contributed by atoms with Gasteiger partial charge in [0, 0.05) is 30.5 Å². The summed E-state index contributed by atoms with van der Waals surface area (Å²) in [6.45, 7) is 5.23. The highest BCUT2D eigenvalue weighted by molar-refractivity contribution is 5.53. The number of aromatic nitrogens is 1. The summed E-state index contributed by atoms with van der Waals surface area (Å²) >= 11 is 0. The third kappa shape index (κ3) is 6.08. The molecular weight excluding hydrogens is 298 g/mol. The molecule has 2 rings (SSSR count). The zero-order chi connectivity index (χ0) is 17.2. The van der Waals surface area contributed by atoms with Crippen molar-refractivity contribution in [3.8, 4) is 0 Å². The fourth-order valence-corrected chi connectivity index (χ4v) is 1.72. The molecule has 124 valence electrons. The summed E-state index contributed by atoms with van der Waals surface area (Å²) in [4.78, 5) is 13.7. The molecule has 4 N–H and O–H groups in total. The average molecular weight is 319 g/mol. The van der Waals surface area contributed by atoms with E-state index in [4.69, 9.17) is 10.9 Å². The van der Waals surface area contributed by atoms with Crippen molar-refractivity contribution in [1.29, 1.82) is 0 Å². The van der Waals surface area contributed by atoms with Crippen molar-refractivity contribution in [2.75, 3.05) is 24.1 Å². The standard InChI is InChI=1S/C8H12N2.C7H9N3O3/c1-2-10-8-5-3-4-7(9)6-8;1-2-8-7-5-6(10(12)13)3-4-9(7)11/h3-6,10H,2,9H2,1H3;3-5,11H,2H2,1H3. The van der Waals surface area contributed by atoms with E-state index in [9.17, 15) is 10.1 Å². The second-order valence-corrected chi connectivity index (χ2v) is 4.47. The van der Waals surface area contributed by atoms with Gasteiger partial charge in [0.15, 0.2) is 5.49 Å². The summed E-state index contributed by atoms with van der Waals surface area (Å²) in [5.74, 6) is 0. The van der Waals surface area contributed by atoms with E-state index in [1.807, 2.05) is 24.3 Å². The van der Waals surface area contributed by atoms with Crippen molar-refractivity contribution in [2.45, 2.75) is 13.8 Å². The number of pyridine rings is 1. The Kier molecular flexibility index (Phi) is 7.12. The van der Waals surface area contributed by atoms with Gasteiger partial charge in [-0.2, -0.15) is 4.73 Å². The molecule has 0 aliphatic heterocycles. The molecule has 0 atom stereocenters. The Morgan fingerprint density at radius 1 is 1.35 bits per heavy atom. The lowest BCUT2D eigenvalue weighted by molar-refractivity contribution is -0.385. The van der Waals surface area contributed by atoms with E-state index in [0.29, 0.717) is 6.54 Å². The maximum absolute atomic E-state index is 10.3. The first-order valence-corrected chi connectivity index (χ1v) is 7.14. The highest BCUT2D eigenvalue weighted by Crippen LogP contribution is 2.10. The van der Waals surface area contributed by atoms with Gasteiger partial charge in [-0.25, -0.2) is 0 Å². The number of rotatable bonds is 4. The number of hydrogen-bond donors (Lipinski definition) is 3. The van der Waals surface area contributed by atoms with Crippen molar-refractivity contribution >= 4 is 17.1 Å². The zero-order valence-electron chi connectivity index (χ0n) is 13.1. The third-order valence-corrected chi connectivity index (χ3v) is 2.70. The number of nitro groups is 1. The van der Waals surface area contributed by atoms with Crippen molar-refractivity contribution in [3.63, 3.8) is 0 Å². The minimum Gasteiger partial charge on any atom is -0.427 e. The lowest BCUT2D eigenvalue weighted by Gasteiger charge is -2.01. The van der Waals surface area contributed by atoms with Crippen LogP contribution in [0.5, 0.6) is 0 Å². The van der Waals surface area contributed by atoms with Crippen LogP contribution in [-0.2, 0) is 0 Å². The predicted octanol–water partition coefficient (Wildman–Crippen LogP) is 2.25. The molecular formula is C15H21N5O3. The van der Waals surface area contributed by atoms with Gasteiger partial charge in [0.25, 0.3) is 5.69 Å². The molecule has 0 aliphatic rings. The van der Waals surface area contributed by atoms with E-state index < -0.39 is 4.92 Å². The van der Waals surface area contributed by atoms with Crippen molar-refractivity contribution in [1.82, 2.24) is 4.73 Å². The van der Waals surface area contributed by atoms with Crippen molar-refractivity contribution in [2.24, 2.45) is 4.99 Å². The topological polar surface area (TPSA) is 119 Å². The molecule has 0 spiro atoms. The molecule has 0 saturated carbocycles. The highest BCUT2D eigenvalue weighted by Gasteiger charge is 2.04. The van der Waals surface area contributed by atoms with E-state index in [0.717, 1.165) is 22.6 Å². The Morgan fingerprint density at radius 3 is 2.65 bits per heavy atom. The number of nitrogens with zero attached hydrogens (tertiary/aromatic N) is 3. The second kappa shape index (κ2) is 9.08. The molecule has 0 bridgehead atoms. The monoisotopic (exact) mass is 319 g/mol. The highest BCUT2D eigenvalue weighted by atomic mass is 16.6. The first kappa shape index (κ1) is 18.0. The number of nitrogen functional groups attached to an aromatic ring is 1. The van der Waals surface area contributed by atoms with Gasteiger partial charge < -0.3 is 16.3 Å². The van der Waals surface area contributed by atoms with Crippen LogP contribution < -0.4 is 16.5 Å². The molecule has 0 unspecified atom stereocenters. The molecule has 0 radical (unpaired) electrons. The summed E-state index contributed by atoms with van der Waals surface area (Å²) < 4.78 is 0.747. The Morgan fingerprint density at radius 2 is 2.09 bits per heavy atom. The van der Waals surface area contributed by atoms with Crippen LogP contribution in [0.25, 0.3) is 0 Å². The summed E-state index contributed by atoms with van der Waals surface area (Å²) in [6.07, 6.45) is 1.19. The van der Waals surface area contributed by atoms with Gasteiger partial charge in [-0.3, -0.25) is 15.1 Å². The van der Waals surface area contributed by atoms with Gasteiger partial charge in [-0.05, 0) is 32.0 Å². The molecule has 0 saturated heterocycles. The smallest absolute Gasteiger partial charge is 0.274 e. The predicted molar refractivity (Wildman–Crippen MR) is 89.4 cm³/mol. The van der Waals surface area contributed by atoms with E-state index in [1.165, 1.54) is 18.3 Å². The van der Waals surface area contributed by atoms with Crippen molar-refractivity contribution < 1.29 is 10.1 Å². The Balaban J connectivity index is 0.000000238. The fraction of sp³-hybridized carbons (Fsp3) is 0.267. The largest absolute Gasteiger partial charge is 0.427 e. The Hall–Kier alpha value is -3.03. The second-order valence-electron chi connectivity index (χ2n) is 4.47. The van der Waals surface area contributed by atoms with Gasteiger partial charge in [-0.1, -0.05) is 6.07 Å². The van der Waals surface area contributed by atoms with E-state index in [-0.39, 0.29) is 11.2 Å². The fourth-order valence-electron chi connectivity index (χ4n) is 1.72. The molecule has 1 aromatic heterocycles. The van der Waals surface area contributed by atoms with Gasteiger partial charge in [-0.15, -0.1) is 0 Å². The maximum atomic E-state index is 10.3. The molecule has 0 fully saturated rings. The van der Waals surface area contributed by atoms with Gasteiger partial charge in [0.2, 0.25) is 0 Å². The molecule has 0 aliphatic carbocycles. The lowest BCUT2D eigenvalue weighted by Crippen LogP contribution is -2.18. The summed E-state index contributed by atoms with van der Waals surface area (Å²) in [5, 5.41) is 22.7. The van der Waals surface area contributed by atoms with Crippen molar-refractivity contribution in [3.05, 3.63) is 58.2 Å². The summed E-state index contributed by atoms with van der Waals surface area (Å²) in [5.41, 5.74) is 7.53. The normalized spacial score (nSPS) is 10.6. The first-order chi connectivity index (χ1) is 11.0. The molecule has 2 aromatic rings.